The predicted molar refractivity (Wildman–Crippen MR) is 45.2 cm³/mol. The third kappa shape index (κ3) is 2.03. The van der Waals surface area contributed by atoms with Crippen LogP contribution in [0.15, 0.2) is 24.3 Å². The van der Waals surface area contributed by atoms with E-state index < -0.39 is 0 Å². The number of ether oxygens (including phenoxy) is 1. The molecule has 0 amide bonds. The Labute approximate surface area is 71.1 Å². The van der Waals surface area contributed by atoms with Gasteiger partial charge in [0, 0.05) is 13.7 Å². The second kappa shape index (κ2) is 4.18. The maximum atomic E-state index is 12.5. The molecule has 0 saturated heterocycles. The summed E-state index contributed by atoms with van der Waals surface area (Å²) in [6, 6.07) is 6.15. The molecule has 0 aliphatic rings. The van der Waals surface area contributed by atoms with Crippen molar-refractivity contribution in [2.45, 2.75) is 6.10 Å². The van der Waals surface area contributed by atoms with E-state index >= 15 is 0 Å². The van der Waals surface area contributed by atoms with Crippen LogP contribution in [0.4, 0.5) is 4.39 Å². The first-order valence-electron chi connectivity index (χ1n) is 3.76. The number of benzene rings is 1. The maximum absolute atomic E-state index is 12.5. The fourth-order valence-corrected chi connectivity index (χ4v) is 1.05. The zero-order chi connectivity index (χ0) is 8.97. The van der Waals surface area contributed by atoms with Crippen LogP contribution >= 0.6 is 0 Å². The van der Waals surface area contributed by atoms with Crippen molar-refractivity contribution in [3.05, 3.63) is 35.6 Å². The largest absolute Gasteiger partial charge is 0.375 e. The zero-order valence-electron chi connectivity index (χ0n) is 6.96. The molecule has 66 valence electrons. The molecule has 0 spiro atoms. The molecule has 1 aromatic carbocycles. The molecule has 1 aromatic rings. The van der Waals surface area contributed by atoms with Gasteiger partial charge in [-0.25, -0.2) is 4.39 Å². The summed E-state index contributed by atoms with van der Waals surface area (Å²) in [5.41, 5.74) is 6.34. The van der Waals surface area contributed by atoms with Gasteiger partial charge in [-0.15, -0.1) is 0 Å². The van der Waals surface area contributed by atoms with Crippen molar-refractivity contribution in [1.82, 2.24) is 0 Å². The van der Waals surface area contributed by atoms with E-state index in [9.17, 15) is 4.39 Å². The Kier molecular flexibility index (Phi) is 3.19. The average Bonchev–Trinajstić information content (AvgIpc) is 2.10. The van der Waals surface area contributed by atoms with Gasteiger partial charge in [0.2, 0.25) is 0 Å². The van der Waals surface area contributed by atoms with Crippen molar-refractivity contribution in [3.63, 3.8) is 0 Å². The van der Waals surface area contributed by atoms with Crippen LogP contribution in [0.25, 0.3) is 0 Å². The highest BCUT2D eigenvalue weighted by molar-refractivity contribution is 5.18. The zero-order valence-corrected chi connectivity index (χ0v) is 6.96. The topological polar surface area (TPSA) is 35.2 Å². The summed E-state index contributed by atoms with van der Waals surface area (Å²) in [5.74, 6) is -0.245. The minimum absolute atomic E-state index is 0.134. The second-order valence-electron chi connectivity index (χ2n) is 2.51. The second-order valence-corrected chi connectivity index (χ2v) is 2.51. The summed E-state index contributed by atoms with van der Waals surface area (Å²) in [6.07, 6.45) is -0.134. The van der Waals surface area contributed by atoms with Gasteiger partial charge in [0.1, 0.15) is 5.82 Å². The molecule has 0 aromatic heterocycles. The van der Waals surface area contributed by atoms with Crippen LogP contribution in [-0.4, -0.2) is 13.7 Å². The highest BCUT2D eigenvalue weighted by Gasteiger charge is 2.06. The Morgan fingerprint density at radius 2 is 2.00 bits per heavy atom. The normalized spacial score (nSPS) is 12.9. The first kappa shape index (κ1) is 9.16. The maximum Gasteiger partial charge on any atom is 0.123 e. The monoisotopic (exact) mass is 169 g/mol. The summed E-state index contributed by atoms with van der Waals surface area (Å²) >= 11 is 0. The lowest BCUT2D eigenvalue weighted by molar-refractivity contribution is 0.110. The molecule has 0 aliphatic carbocycles. The van der Waals surface area contributed by atoms with E-state index in [1.165, 1.54) is 12.1 Å². The van der Waals surface area contributed by atoms with Gasteiger partial charge in [-0.05, 0) is 17.7 Å². The number of rotatable bonds is 3. The first-order valence-corrected chi connectivity index (χ1v) is 3.76. The number of halogens is 1. The molecule has 0 bridgehead atoms. The van der Waals surface area contributed by atoms with E-state index in [1.54, 1.807) is 19.2 Å². The Hall–Kier alpha value is -0.930. The van der Waals surface area contributed by atoms with Crippen molar-refractivity contribution in [1.29, 1.82) is 0 Å². The summed E-state index contributed by atoms with van der Waals surface area (Å²) in [7, 11) is 1.58. The Morgan fingerprint density at radius 3 is 2.42 bits per heavy atom. The lowest BCUT2D eigenvalue weighted by Gasteiger charge is -2.12. The highest BCUT2D eigenvalue weighted by atomic mass is 19.1. The van der Waals surface area contributed by atoms with Gasteiger partial charge in [0.25, 0.3) is 0 Å². The van der Waals surface area contributed by atoms with E-state index in [2.05, 4.69) is 0 Å². The third-order valence-corrected chi connectivity index (χ3v) is 1.74. The van der Waals surface area contributed by atoms with Gasteiger partial charge in [-0.1, -0.05) is 12.1 Å². The highest BCUT2D eigenvalue weighted by Crippen LogP contribution is 2.14. The van der Waals surface area contributed by atoms with Crippen LogP contribution in [0.5, 0.6) is 0 Å². The fraction of sp³-hybridized carbons (Fsp3) is 0.333. The number of hydrogen-bond donors (Lipinski definition) is 1. The van der Waals surface area contributed by atoms with Gasteiger partial charge in [0.15, 0.2) is 0 Å². The van der Waals surface area contributed by atoms with Crippen LogP contribution in [0.3, 0.4) is 0 Å². The minimum atomic E-state index is -0.245. The summed E-state index contributed by atoms with van der Waals surface area (Å²) in [5, 5.41) is 0. The van der Waals surface area contributed by atoms with Crippen LogP contribution in [0.2, 0.25) is 0 Å². The molecule has 0 saturated carbocycles. The van der Waals surface area contributed by atoms with Gasteiger partial charge >= 0.3 is 0 Å². The lowest BCUT2D eigenvalue weighted by atomic mass is 10.1. The molecule has 2 nitrogen and oxygen atoms in total. The van der Waals surface area contributed by atoms with Crippen molar-refractivity contribution in [3.8, 4) is 0 Å². The quantitative estimate of drug-likeness (QED) is 0.743. The predicted octanol–water partition coefficient (Wildman–Crippen LogP) is 1.47. The molecular formula is C9H12FNO. The molecule has 12 heavy (non-hydrogen) atoms. The van der Waals surface area contributed by atoms with Crippen LogP contribution in [0, 0.1) is 5.82 Å². The SMILES string of the molecule is COC(CN)c1ccc(F)cc1. The lowest BCUT2D eigenvalue weighted by Crippen LogP contribution is -2.13. The van der Waals surface area contributed by atoms with Crippen molar-refractivity contribution in [2.24, 2.45) is 5.73 Å². The summed E-state index contributed by atoms with van der Waals surface area (Å²) in [4.78, 5) is 0. The van der Waals surface area contributed by atoms with Crippen molar-refractivity contribution >= 4 is 0 Å². The molecule has 0 aliphatic heterocycles. The molecule has 2 N–H and O–H groups in total. The Balaban J connectivity index is 2.80. The average molecular weight is 169 g/mol. The van der Waals surface area contributed by atoms with Gasteiger partial charge < -0.3 is 10.5 Å². The number of nitrogens with two attached hydrogens (primary N) is 1. The van der Waals surface area contributed by atoms with Gasteiger partial charge in [-0.2, -0.15) is 0 Å². The summed E-state index contributed by atoms with van der Waals surface area (Å²) < 4.78 is 17.6. The molecule has 1 unspecified atom stereocenters. The Bertz CT molecular complexity index is 231. The summed E-state index contributed by atoms with van der Waals surface area (Å²) in [6.45, 7) is 0.405. The van der Waals surface area contributed by atoms with E-state index in [0.717, 1.165) is 5.56 Å². The molecule has 3 heteroatoms. The van der Waals surface area contributed by atoms with Crippen LogP contribution in [-0.2, 0) is 4.74 Å². The minimum Gasteiger partial charge on any atom is -0.375 e. The third-order valence-electron chi connectivity index (χ3n) is 1.74. The van der Waals surface area contributed by atoms with E-state index in [-0.39, 0.29) is 11.9 Å². The van der Waals surface area contributed by atoms with Crippen molar-refractivity contribution < 1.29 is 9.13 Å². The molecule has 0 fully saturated rings. The van der Waals surface area contributed by atoms with E-state index in [4.69, 9.17) is 10.5 Å². The molecule has 1 rings (SSSR count). The fourth-order valence-electron chi connectivity index (χ4n) is 1.05. The van der Waals surface area contributed by atoms with Crippen LogP contribution in [0.1, 0.15) is 11.7 Å². The van der Waals surface area contributed by atoms with E-state index in [1.807, 2.05) is 0 Å². The molecule has 0 radical (unpaired) electrons. The Morgan fingerprint density at radius 1 is 1.42 bits per heavy atom. The molecular weight excluding hydrogens is 157 g/mol. The van der Waals surface area contributed by atoms with Crippen LogP contribution < -0.4 is 5.73 Å². The van der Waals surface area contributed by atoms with Crippen molar-refractivity contribution in [2.75, 3.05) is 13.7 Å². The molecule has 1 atom stereocenters. The number of hydrogen-bond acceptors (Lipinski definition) is 2. The van der Waals surface area contributed by atoms with E-state index in [0.29, 0.717) is 6.54 Å². The van der Waals surface area contributed by atoms with Gasteiger partial charge in [0.05, 0.1) is 6.10 Å². The van der Waals surface area contributed by atoms with Gasteiger partial charge in [-0.3, -0.25) is 0 Å². The molecule has 0 heterocycles. The smallest absolute Gasteiger partial charge is 0.123 e. The first-order chi connectivity index (χ1) is 5.77. The standard InChI is InChI=1S/C9H12FNO/c1-12-9(6-11)7-2-4-8(10)5-3-7/h2-5,9H,6,11H2,1H3. The number of methoxy groups -OCH3 is 1.